The van der Waals surface area contributed by atoms with Gasteiger partial charge in [-0.05, 0) is 51.1 Å². The molecule has 0 heterocycles. The van der Waals surface area contributed by atoms with Gasteiger partial charge in [-0.3, -0.25) is 4.79 Å². The number of hydrogen-bond donors (Lipinski definition) is 1. The van der Waals surface area contributed by atoms with Gasteiger partial charge in [-0.15, -0.1) is 0 Å². The Morgan fingerprint density at radius 1 is 1.35 bits per heavy atom. The Kier molecular flexibility index (Phi) is 6.69. The summed E-state index contributed by atoms with van der Waals surface area (Å²) < 4.78 is 0.969. The highest BCUT2D eigenvalue weighted by Gasteiger charge is 2.15. The summed E-state index contributed by atoms with van der Waals surface area (Å²) in [6.07, 6.45) is 1.07. The van der Waals surface area contributed by atoms with Crippen molar-refractivity contribution in [2.45, 2.75) is 33.2 Å². The van der Waals surface area contributed by atoms with Crippen LogP contribution < -0.4 is 5.32 Å². The quantitative estimate of drug-likeness (QED) is 0.859. The van der Waals surface area contributed by atoms with Crippen LogP contribution in [0, 0.1) is 12.8 Å². The Labute approximate surface area is 130 Å². The van der Waals surface area contributed by atoms with Crippen LogP contribution in [-0.4, -0.2) is 37.5 Å². The largest absolute Gasteiger partial charge is 0.350 e. The van der Waals surface area contributed by atoms with Gasteiger partial charge >= 0.3 is 0 Å². The number of likely N-dealkylation sites (N-methyl/N-ethyl adjacent to an activating group) is 1. The monoisotopic (exact) mass is 340 g/mol. The molecule has 1 rings (SSSR count). The maximum Gasteiger partial charge on any atom is 0.251 e. The molecule has 0 aromatic heterocycles. The molecular weight excluding hydrogens is 316 g/mol. The van der Waals surface area contributed by atoms with E-state index in [1.165, 1.54) is 0 Å². The third kappa shape index (κ3) is 5.25. The first kappa shape index (κ1) is 17.2. The van der Waals surface area contributed by atoms with Crippen LogP contribution in [0.15, 0.2) is 22.7 Å². The molecule has 0 aliphatic carbocycles. The number of carbonyl (C=O) groups excluding carboxylic acids is 1. The first-order chi connectivity index (χ1) is 9.31. The number of halogens is 1. The number of amides is 1. The van der Waals surface area contributed by atoms with E-state index in [1.54, 1.807) is 0 Å². The summed E-state index contributed by atoms with van der Waals surface area (Å²) in [6, 6.07) is 6.06. The number of benzene rings is 1. The summed E-state index contributed by atoms with van der Waals surface area (Å²) >= 11 is 3.46. The summed E-state index contributed by atoms with van der Waals surface area (Å²) in [5.41, 5.74) is 1.83. The second kappa shape index (κ2) is 7.79. The predicted molar refractivity (Wildman–Crippen MR) is 88.1 cm³/mol. The number of aryl methyl sites for hydroxylation is 1. The number of nitrogens with one attached hydrogen (secondary N) is 1. The van der Waals surface area contributed by atoms with Gasteiger partial charge in [0.15, 0.2) is 0 Å². The zero-order valence-corrected chi connectivity index (χ0v) is 14.6. The molecule has 0 radical (unpaired) electrons. The standard InChI is InChI=1S/C16H25BrN2O/c1-11(2)8-14(19(4)5)10-18-16(20)13-7-6-12(3)15(17)9-13/h6-7,9,11,14H,8,10H2,1-5H3,(H,18,20). The van der Waals surface area contributed by atoms with Crippen molar-refractivity contribution in [2.75, 3.05) is 20.6 Å². The van der Waals surface area contributed by atoms with Crippen molar-refractivity contribution in [3.05, 3.63) is 33.8 Å². The number of hydrogen-bond acceptors (Lipinski definition) is 2. The van der Waals surface area contributed by atoms with Crippen LogP contribution in [0.5, 0.6) is 0 Å². The van der Waals surface area contributed by atoms with E-state index in [-0.39, 0.29) is 5.91 Å². The van der Waals surface area contributed by atoms with E-state index < -0.39 is 0 Å². The normalized spacial score (nSPS) is 12.8. The molecule has 0 saturated carbocycles. The molecule has 1 aromatic rings. The van der Waals surface area contributed by atoms with Gasteiger partial charge in [0, 0.05) is 22.6 Å². The van der Waals surface area contributed by atoms with Gasteiger partial charge in [-0.2, -0.15) is 0 Å². The van der Waals surface area contributed by atoms with Gasteiger partial charge in [0.1, 0.15) is 0 Å². The minimum absolute atomic E-state index is 0.0127. The molecule has 1 N–H and O–H groups in total. The molecule has 3 nitrogen and oxygen atoms in total. The zero-order valence-electron chi connectivity index (χ0n) is 13.0. The molecule has 0 fully saturated rings. The van der Waals surface area contributed by atoms with Crippen LogP contribution >= 0.6 is 15.9 Å². The highest BCUT2D eigenvalue weighted by Crippen LogP contribution is 2.17. The first-order valence-corrected chi connectivity index (χ1v) is 7.81. The average molecular weight is 341 g/mol. The molecule has 4 heteroatoms. The average Bonchev–Trinajstić information content (AvgIpc) is 2.36. The van der Waals surface area contributed by atoms with E-state index in [4.69, 9.17) is 0 Å². The van der Waals surface area contributed by atoms with Crippen molar-refractivity contribution < 1.29 is 4.79 Å². The number of nitrogens with zero attached hydrogens (tertiary/aromatic N) is 1. The summed E-state index contributed by atoms with van der Waals surface area (Å²) in [7, 11) is 4.11. The molecule has 0 aliphatic heterocycles. The zero-order chi connectivity index (χ0) is 15.3. The maximum absolute atomic E-state index is 12.2. The molecule has 0 saturated heterocycles. The van der Waals surface area contributed by atoms with E-state index >= 15 is 0 Å². The molecular formula is C16H25BrN2O. The third-order valence-corrected chi connectivity index (χ3v) is 4.26. The molecule has 112 valence electrons. The summed E-state index contributed by atoms with van der Waals surface area (Å²) in [4.78, 5) is 14.3. The minimum atomic E-state index is -0.0127. The molecule has 20 heavy (non-hydrogen) atoms. The van der Waals surface area contributed by atoms with Crippen molar-refractivity contribution in [1.82, 2.24) is 10.2 Å². The lowest BCUT2D eigenvalue weighted by Crippen LogP contribution is -2.41. The first-order valence-electron chi connectivity index (χ1n) is 7.02. The van der Waals surface area contributed by atoms with Crippen LogP contribution in [0.3, 0.4) is 0 Å². The second-order valence-electron chi connectivity index (χ2n) is 5.92. The topological polar surface area (TPSA) is 32.3 Å². The highest BCUT2D eigenvalue weighted by molar-refractivity contribution is 9.10. The molecule has 1 amide bonds. The Bertz CT molecular complexity index is 458. The molecule has 0 aliphatic rings. The third-order valence-electron chi connectivity index (χ3n) is 3.41. The lowest BCUT2D eigenvalue weighted by Gasteiger charge is -2.26. The Balaban J connectivity index is 2.63. The number of carbonyl (C=O) groups is 1. The highest BCUT2D eigenvalue weighted by atomic mass is 79.9. The van der Waals surface area contributed by atoms with Crippen molar-refractivity contribution in [3.63, 3.8) is 0 Å². The molecule has 1 aromatic carbocycles. The van der Waals surface area contributed by atoms with Gasteiger partial charge < -0.3 is 10.2 Å². The van der Waals surface area contributed by atoms with Gasteiger partial charge in [0.2, 0.25) is 0 Å². The number of rotatable bonds is 6. The lowest BCUT2D eigenvalue weighted by molar-refractivity contribution is 0.0938. The Morgan fingerprint density at radius 3 is 2.50 bits per heavy atom. The van der Waals surface area contributed by atoms with Gasteiger partial charge in [0.05, 0.1) is 0 Å². The van der Waals surface area contributed by atoms with E-state index in [0.717, 1.165) is 16.5 Å². The smallest absolute Gasteiger partial charge is 0.251 e. The Morgan fingerprint density at radius 2 is 2.00 bits per heavy atom. The summed E-state index contributed by atoms with van der Waals surface area (Å²) in [5.74, 6) is 0.606. The summed E-state index contributed by atoms with van der Waals surface area (Å²) in [5, 5.41) is 3.03. The molecule has 0 spiro atoms. The fourth-order valence-corrected chi connectivity index (χ4v) is 2.45. The van der Waals surface area contributed by atoms with Gasteiger partial charge in [0.25, 0.3) is 5.91 Å². The van der Waals surface area contributed by atoms with E-state index in [2.05, 4.69) is 54.1 Å². The lowest BCUT2D eigenvalue weighted by atomic mass is 10.0. The van der Waals surface area contributed by atoms with Crippen LogP contribution in [-0.2, 0) is 0 Å². The van der Waals surface area contributed by atoms with Crippen LogP contribution in [0.25, 0.3) is 0 Å². The van der Waals surface area contributed by atoms with Gasteiger partial charge in [-0.25, -0.2) is 0 Å². The SMILES string of the molecule is Cc1ccc(C(=O)NCC(CC(C)C)N(C)C)cc1Br. The van der Waals surface area contributed by atoms with Crippen molar-refractivity contribution >= 4 is 21.8 Å². The van der Waals surface area contributed by atoms with Crippen molar-refractivity contribution in [3.8, 4) is 0 Å². The fourth-order valence-electron chi connectivity index (χ4n) is 2.07. The summed E-state index contributed by atoms with van der Waals surface area (Å²) in [6.45, 7) is 7.09. The second-order valence-corrected chi connectivity index (χ2v) is 6.78. The fraction of sp³-hybridized carbons (Fsp3) is 0.562. The van der Waals surface area contributed by atoms with E-state index in [9.17, 15) is 4.79 Å². The molecule has 1 unspecified atom stereocenters. The van der Waals surface area contributed by atoms with Crippen LogP contribution in [0.2, 0.25) is 0 Å². The predicted octanol–water partition coefficient (Wildman–Crippen LogP) is 3.46. The van der Waals surface area contributed by atoms with Gasteiger partial charge in [-0.1, -0.05) is 35.8 Å². The minimum Gasteiger partial charge on any atom is -0.350 e. The van der Waals surface area contributed by atoms with Crippen molar-refractivity contribution in [2.24, 2.45) is 5.92 Å². The molecule has 0 bridgehead atoms. The van der Waals surface area contributed by atoms with E-state index in [0.29, 0.717) is 24.1 Å². The Hall–Kier alpha value is -0.870. The van der Waals surface area contributed by atoms with Crippen LogP contribution in [0.4, 0.5) is 0 Å². The van der Waals surface area contributed by atoms with Crippen molar-refractivity contribution in [1.29, 1.82) is 0 Å². The van der Waals surface area contributed by atoms with Crippen LogP contribution in [0.1, 0.15) is 36.2 Å². The maximum atomic E-state index is 12.2. The molecule has 1 atom stereocenters. The van der Waals surface area contributed by atoms with E-state index in [1.807, 2.05) is 25.1 Å².